The van der Waals surface area contributed by atoms with Crippen LogP contribution in [0.4, 0.5) is 26.3 Å². The predicted molar refractivity (Wildman–Crippen MR) is 180 cm³/mol. The van der Waals surface area contributed by atoms with Crippen LogP contribution in [0, 0.1) is 22.7 Å². The molecule has 0 bridgehead atoms. The van der Waals surface area contributed by atoms with Crippen molar-refractivity contribution in [3.8, 4) is 34.6 Å². The summed E-state index contributed by atoms with van der Waals surface area (Å²) in [5, 5.41) is 21.5. The van der Waals surface area contributed by atoms with Crippen molar-refractivity contribution >= 4 is 43.6 Å². The first-order valence-corrected chi connectivity index (χ1v) is 15.3. The molecule has 0 spiro atoms. The second kappa shape index (κ2) is 11.0. The first-order chi connectivity index (χ1) is 24.0. The van der Waals surface area contributed by atoms with Crippen molar-refractivity contribution in [2.75, 3.05) is 0 Å². The predicted octanol–water partition coefficient (Wildman–Crippen LogP) is 11.3. The molecule has 10 heteroatoms. The molecule has 0 unspecified atom stereocenters. The van der Waals surface area contributed by atoms with Gasteiger partial charge in [0, 0.05) is 21.5 Å². The molecule has 0 aliphatic rings. The molecule has 0 radical (unpaired) electrons. The van der Waals surface area contributed by atoms with Gasteiger partial charge in [0.05, 0.1) is 67.8 Å². The lowest BCUT2D eigenvalue weighted by molar-refractivity contribution is -0.138. The van der Waals surface area contributed by atoms with Crippen LogP contribution >= 0.6 is 0 Å². The Kier molecular flexibility index (Phi) is 6.78. The van der Waals surface area contributed by atoms with Gasteiger partial charge in [0.25, 0.3) is 0 Å². The molecule has 8 aromatic rings. The number of halogens is 6. The number of hydrogen-bond donors (Lipinski definition) is 0. The Balaban J connectivity index is 1.42. The molecule has 0 aliphatic heterocycles. The number of alkyl halides is 6. The van der Waals surface area contributed by atoms with E-state index in [2.05, 4.69) is 12.1 Å². The number of aromatic nitrogens is 2. The third-order valence-corrected chi connectivity index (χ3v) is 9.02. The summed E-state index contributed by atoms with van der Waals surface area (Å²) in [6, 6.07) is 34.5. The molecule has 0 fully saturated rings. The maximum atomic E-state index is 14.7. The van der Waals surface area contributed by atoms with Gasteiger partial charge in [0.15, 0.2) is 0 Å². The maximum Gasteiger partial charge on any atom is 0.418 e. The van der Waals surface area contributed by atoms with E-state index in [1.165, 1.54) is 45.5 Å². The van der Waals surface area contributed by atoms with E-state index >= 15 is 0 Å². The van der Waals surface area contributed by atoms with Gasteiger partial charge in [-0.3, -0.25) is 0 Å². The second-order valence-corrected chi connectivity index (χ2v) is 11.9. The van der Waals surface area contributed by atoms with Crippen molar-refractivity contribution in [2.45, 2.75) is 12.4 Å². The van der Waals surface area contributed by atoms with Crippen molar-refractivity contribution in [1.29, 1.82) is 10.5 Å². The number of nitriles is 2. The normalized spacial score (nSPS) is 12.2. The first kappa shape index (κ1) is 30.8. The molecule has 242 valence electrons. The maximum absolute atomic E-state index is 14.7. The molecule has 2 aromatic heterocycles. The van der Waals surface area contributed by atoms with Crippen LogP contribution in [-0.4, -0.2) is 9.13 Å². The summed E-state index contributed by atoms with van der Waals surface area (Å²) in [7, 11) is 0. The van der Waals surface area contributed by atoms with Gasteiger partial charge in [-0.15, -0.1) is 0 Å². The van der Waals surface area contributed by atoms with Crippen LogP contribution in [0.2, 0.25) is 0 Å². The van der Waals surface area contributed by atoms with Crippen LogP contribution < -0.4 is 0 Å². The fourth-order valence-electron chi connectivity index (χ4n) is 6.88. The standard InChI is InChI=1S/C40H20F6N4/c41-39(42,43)31-13-11-25(19-37(31)49-33-7-3-1-5-27(33)29-17-23(21-47)9-15-35(29)49)26-12-14-32(40(44,45)46)38(20-26)50-34-8-4-2-6-28(34)30-18-24(22-48)10-16-36(30)50/h1-20H. The zero-order chi connectivity index (χ0) is 34.9. The van der Waals surface area contributed by atoms with E-state index in [9.17, 15) is 36.9 Å². The van der Waals surface area contributed by atoms with E-state index in [1.807, 2.05) is 0 Å². The highest BCUT2D eigenvalue weighted by Gasteiger charge is 2.37. The summed E-state index contributed by atoms with van der Waals surface area (Å²) in [5.74, 6) is 0. The molecule has 2 heterocycles. The highest BCUT2D eigenvalue weighted by Crippen LogP contribution is 2.43. The van der Waals surface area contributed by atoms with E-state index in [4.69, 9.17) is 0 Å². The van der Waals surface area contributed by atoms with E-state index < -0.39 is 23.5 Å². The van der Waals surface area contributed by atoms with Crippen molar-refractivity contribution in [2.24, 2.45) is 0 Å². The molecule has 4 nitrogen and oxygen atoms in total. The third kappa shape index (κ3) is 4.76. The van der Waals surface area contributed by atoms with Crippen LogP contribution in [0.25, 0.3) is 66.1 Å². The minimum Gasteiger partial charge on any atom is -0.309 e. The molecular weight excluding hydrogens is 650 g/mol. The molecule has 50 heavy (non-hydrogen) atoms. The molecule has 0 amide bonds. The van der Waals surface area contributed by atoms with Gasteiger partial charge in [0.1, 0.15) is 0 Å². The fourth-order valence-corrected chi connectivity index (χ4v) is 6.88. The van der Waals surface area contributed by atoms with Gasteiger partial charge in [-0.1, -0.05) is 48.5 Å². The van der Waals surface area contributed by atoms with Crippen LogP contribution in [0.15, 0.2) is 121 Å². The molecule has 6 aromatic carbocycles. The minimum absolute atomic E-state index is 0.215. The first-order valence-electron chi connectivity index (χ1n) is 15.3. The smallest absolute Gasteiger partial charge is 0.309 e. The lowest BCUT2D eigenvalue weighted by atomic mass is 9.99. The molecular formula is C40H20F6N4. The van der Waals surface area contributed by atoms with Gasteiger partial charge in [-0.2, -0.15) is 36.9 Å². The quantitative estimate of drug-likeness (QED) is 0.176. The SMILES string of the molecule is N#Cc1ccc2c(c1)c1ccccc1n2-c1cc(-c2ccc(C(F)(F)F)c(-n3c4ccccc4c4cc(C#N)ccc43)c2)ccc1C(F)(F)F. The summed E-state index contributed by atoms with van der Waals surface area (Å²) in [4.78, 5) is 0. The van der Waals surface area contributed by atoms with Crippen LogP contribution in [0.1, 0.15) is 22.3 Å². The lowest BCUT2D eigenvalue weighted by Gasteiger charge is -2.19. The van der Waals surface area contributed by atoms with Gasteiger partial charge in [0.2, 0.25) is 0 Å². The van der Waals surface area contributed by atoms with Crippen LogP contribution in [-0.2, 0) is 12.4 Å². The van der Waals surface area contributed by atoms with E-state index in [0.29, 0.717) is 54.7 Å². The van der Waals surface area contributed by atoms with Crippen molar-refractivity contribution in [3.05, 3.63) is 144 Å². The zero-order valence-electron chi connectivity index (χ0n) is 25.6. The molecule has 0 N–H and O–H groups in total. The Bertz CT molecular complexity index is 2580. The fraction of sp³-hybridized carbons (Fsp3) is 0.0500. The summed E-state index contributed by atoms with van der Waals surface area (Å²) in [6.45, 7) is 0. The average Bonchev–Trinajstić information content (AvgIpc) is 3.62. The largest absolute Gasteiger partial charge is 0.418 e. The van der Waals surface area contributed by atoms with Crippen molar-refractivity contribution in [3.63, 3.8) is 0 Å². The summed E-state index contributed by atoms with van der Waals surface area (Å²) in [5.41, 5.74) is 0.711. The highest BCUT2D eigenvalue weighted by molar-refractivity contribution is 6.11. The Hall–Kier alpha value is -6.52. The van der Waals surface area contributed by atoms with Gasteiger partial charge in [-0.05, 0) is 83.9 Å². The van der Waals surface area contributed by atoms with Crippen molar-refractivity contribution < 1.29 is 26.3 Å². The molecule has 0 saturated carbocycles. The summed E-state index contributed by atoms with van der Waals surface area (Å²) < 4.78 is 91.0. The monoisotopic (exact) mass is 670 g/mol. The van der Waals surface area contributed by atoms with Crippen LogP contribution in [0.3, 0.4) is 0 Å². The number of fused-ring (bicyclic) bond motifs is 6. The number of para-hydroxylation sites is 2. The topological polar surface area (TPSA) is 57.4 Å². The van der Waals surface area contributed by atoms with Gasteiger partial charge < -0.3 is 9.13 Å². The van der Waals surface area contributed by atoms with E-state index in [-0.39, 0.29) is 22.5 Å². The van der Waals surface area contributed by atoms with Crippen molar-refractivity contribution in [1.82, 2.24) is 9.13 Å². The Morgan fingerprint density at radius 3 is 1.18 bits per heavy atom. The molecule has 0 saturated heterocycles. The molecule has 0 aliphatic carbocycles. The van der Waals surface area contributed by atoms with Crippen LogP contribution in [0.5, 0.6) is 0 Å². The Morgan fingerprint density at radius 1 is 0.420 bits per heavy atom. The van der Waals surface area contributed by atoms with E-state index in [0.717, 1.165) is 12.1 Å². The highest BCUT2D eigenvalue weighted by atomic mass is 19.4. The summed E-state index contributed by atoms with van der Waals surface area (Å²) >= 11 is 0. The zero-order valence-corrected chi connectivity index (χ0v) is 25.6. The lowest BCUT2D eigenvalue weighted by Crippen LogP contribution is -2.12. The van der Waals surface area contributed by atoms with Gasteiger partial charge >= 0.3 is 12.4 Å². The van der Waals surface area contributed by atoms with Gasteiger partial charge in [-0.25, -0.2) is 0 Å². The van der Waals surface area contributed by atoms with E-state index in [1.54, 1.807) is 72.8 Å². The Labute approximate surface area is 279 Å². The third-order valence-electron chi connectivity index (χ3n) is 9.02. The average molecular weight is 671 g/mol. The second-order valence-electron chi connectivity index (χ2n) is 11.9. The number of hydrogen-bond acceptors (Lipinski definition) is 2. The number of benzene rings is 6. The number of nitrogens with zero attached hydrogens (tertiary/aromatic N) is 4. The number of rotatable bonds is 3. The summed E-state index contributed by atoms with van der Waals surface area (Å²) in [6.07, 6.45) is -9.54. The Morgan fingerprint density at radius 2 is 0.800 bits per heavy atom. The molecule has 8 rings (SSSR count). The minimum atomic E-state index is -4.77. The molecule has 0 atom stereocenters.